The molecule has 2 aromatic heterocycles. The summed E-state index contributed by atoms with van der Waals surface area (Å²) < 4.78 is 9.18. The lowest BCUT2D eigenvalue weighted by Crippen LogP contribution is -2.42. The first-order valence-electron chi connectivity index (χ1n) is 10.5. The lowest BCUT2D eigenvalue weighted by Gasteiger charge is -2.15. The van der Waals surface area contributed by atoms with Gasteiger partial charge in [-0.1, -0.05) is 25.1 Å². The molecule has 33 heavy (non-hydrogen) atoms. The highest BCUT2D eigenvalue weighted by Gasteiger charge is 2.27. The fourth-order valence-electron chi connectivity index (χ4n) is 3.35. The quantitative estimate of drug-likeness (QED) is 0.370. The Bertz CT molecular complexity index is 1280. The van der Waals surface area contributed by atoms with E-state index >= 15 is 0 Å². The molecular weight excluding hydrogens is 444 g/mol. The van der Waals surface area contributed by atoms with Crippen LogP contribution in [0.5, 0.6) is 5.75 Å². The first-order valence-corrected chi connectivity index (χ1v) is 11.4. The van der Waals surface area contributed by atoms with E-state index in [9.17, 15) is 14.4 Å². The molecule has 0 bridgehead atoms. The minimum absolute atomic E-state index is 0.146. The predicted molar refractivity (Wildman–Crippen MR) is 128 cm³/mol. The van der Waals surface area contributed by atoms with Crippen LogP contribution in [0.4, 0.5) is 5.82 Å². The fraction of sp³-hybridized carbons (Fsp3) is 0.409. The third kappa shape index (κ3) is 4.72. The number of nitrogens with two attached hydrogens (primary N) is 1. The zero-order valence-corrected chi connectivity index (χ0v) is 20.2. The molecule has 1 unspecified atom stereocenters. The number of thioether (sulfide) groups is 1. The SMILES string of the molecule is CCCCn1c(SC(C)C(=O)c2c(N)n(C)c(=O)n(C)c2=O)nnc1-c1ccc(OC)cc1. The number of nitrogen functional groups attached to an aromatic ring is 1. The average Bonchev–Trinajstić information content (AvgIpc) is 3.22. The van der Waals surface area contributed by atoms with Crippen LogP contribution in [-0.4, -0.2) is 42.0 Å². The van der Waals surface area contributed by atoms with Gasteiger partial charge in [0.15, 0.2) is 16.8 Å². The number of rotatable bonds is 9. The first-order chi connectivity index (χ1) is 15.7. The first kappa shape index (κ1) is 24.3. The molecule has 11 heteroatoms. The van der Waals surface area contributed by atoms with Crippen LogP contribution < -0.4 is 21.7 Å². The van der Waals surface area contributed by atoms with Crippen LogP contribution in [0.1, 0.15) is 37.0 Å². The van der Waals surface area contributed by atoms with Crippen LogP contribution in [0.2, 0.25) is 0 Å². The van der Waals surface area contributed by atoms with Crippen LogP contribution in [-0.2, 0) is 20.6 Å². The van der Waals surface area contributed by atoms with Crippen molar-refractivity contribution >= 4 is 23.4 Å². The molecule has 2 heterocycles. The highest BCUT2D eigenvalue weighted by Crippen LogP contribution is 2.29. The van der Waals surface area contributed by atoms with Gasteiger partial charge in [0.25, 0.3) is 5.56 Å². The van der Waals surface area contributed by atoms with Crippen molar-refractivity contribution in [2.24, 2.45) is 14.1 Å². The minimum atomic E-state index is -0.709. The summed E-state index contributed by atoms with van der Waals surface area (Å²) in [6.07, 6.45) is 1.88. The van der Waals surface area contributed by atoms with Gasteiger partial charge in [0.2, 0.25) is 0 Å². The maximum Gasteiger partial charge on any atom is 0.332 e. The van der Waals surface area contributed by atoms with Crippen LogP contribution in [0.3, 0.4) is 0 Å². The van der Waals surface area contributed by atoms with Gasteiger partial charge in [-0.15, -0.1) is 10.2 Å². The van der Waals surface area contributed by atoms with E-state index in [1.807, 2.05) is 28.8 Å². The normalized spacial score (nSPS) is 12.0. The molecule has 3 rings (SSSR count). The molecule has 0 amide bonds. The molecule has 1 aromatic carbocycles. The van der Waals surface area contributed by atoms with E-state index in [2.05, 4.69) is 17.1 Å². The van der Waals surface area contributed by atoms with Crippen molar-refractivity contribution in [2.45, 2.75) is 43.6 Å². The smallest absolute Gasteiger partial charge is 0.332 e. The van der Waals surface area contributed by atoms with E-state index in [1.54, 1.807) is 14.0 Å². The molecule has 0 aliphatic rings. The Morgan fingerprint density at radius 1 is 1.15 bits per heavy atom. The number of benzene rings is 1. The Morgan fingerprint density at radius 2 is 1.82 bits per heavy atom. The average molecular weight is 473 g/mol. The number of ketones is 1. The van der Waals surface area contributed by atoms with Gasteiger partial charge < -0.3 is 15.0 Å². The number of methoxy groups -OCH3 is 1. The van der Waals surface area contributed by atoms with Gasteiger partial charge in [-0.2, -0.15) is 0 Å². The Morgan fingerprint density at radius 3 is 2.42 bits per heavy atom. The van der Waals surface area contributed by atoms with Gasteiger partial charge in [0.05, 0.1) is 12.4 Å². The molecule has 10 nitrogen and oxygen atoms in total. The third-order valence-electron chi connectivity index (χ3n) is 5.41. The molecule has 0 fully saturated rings. The molecule has 1 atom stereocenters. The summed E-state index contributed by atoms with van der Waals surface area (Å²) in [5.41, 5.74) is 5.34. The summed E-state index contributed by atoms with van der Waals surface area (Å²) in [4.78, 5) is 37.9. The summed E-state index contributed by atoms with van der Waals surface area (Å²) in [6.45, 7) is 4.45. The predicted octanol–water partition coefficient (Wildman–Crippen LogP) is 2.10. The van der Waals surface area contributed by atoms with Gasteiger partial charge >= 0.3 is 5.69 Å². The molecular formula is C22H28N6O4S. The highest BCUT2D eigenvalue weighted by molar-refractivity contribution is 8.00. The summed E-state index contributed by atoms with van der Waals surface area (Å²) in [6, 6.07) is 7.52. The van der Waals surface area contributed by atoms with Crippen molar-refractivity contribution in [3.63, 3.8) is 0 Å². The van der Waals surface area contributed by atoms with Crippen LogP contribution in [0, 0.1) is 0 Å². The minimum Gasteiger partial charge on any atom is -0.497 e. The molecule has 0 radical (unpaired) electrons. The summed E-state index contributed by atoms with van der Waals surface area (Å²) >= 11 is 1.20. The van der Waals surface area contributed by atoms with Gasteiger partial charge in [-0.3, -0.25) is 18.7 Å². The summed E-state index contributed by atoms with van der Waals surface area (Å²) in [5, 5.41) is 8.57. The van der Waals surface area contributed by atoms with Crippen LogP contribution in [0.15, 0.2) is 39.0 Å². The highest BCUT2D eigenvalue weighted by atomic mass is 32.2. The zero-order chi connectivity index (χ0) is 24.3. The Hall–Kier alpha value is -3.34. The number of carbonyl (C=O) groups is 1. The van der Waals surface area contributed by atoms with Gasteiger partial charge in [-0.25, -0.2) is 4.79 Å². The number of anilines is 1. The Balaban J connectivity index is 1.96. The van der Waals surface area contributed by atoms with E-state index in [4.69, 9.17) is 10.5 Å². The molecule has 176 valence electrons. The van der Waals surface area contributed by atoms with Crippen molar-refractivity contribution in [2.75, 3.05) is 12.8 Å². The number of hydrogen-bond donors (Lipinski definition) is 1. The fourth-order valence-corrected chi connectivity index (χ4v) is 4.29. The zero-order valence-electron chi connectivity index (χ0n) is 19.4. The second-order valence-corrected chi connectivity index (χ2v) is 8.94. The van der Waals surface area contributed by atoms with Gasteiger partial charge in [-0.05, 0) is 37.6 Å². The number of nitrogens with zero attached hydrogens (tertiary/aromatic N) is 5. The number of hydrogen-bond acceptors (Lipinski definition) is 8. The Labute approximate surface area is 195 Å². The van der Waals surface area contributed by atoms with E-state index < -0.39 is 22.3 Å². The standard InChI is InChI=1S/C22H28N6O4S/c1-6-7-12-28-19(14-8-10-15(32-5)11-9-14)24-25-21(28)33-13(2)17(29)16-18(23)26(3)22(31)27(4)20(16)30/h8-11,13H,6-7,12,23H2,1-5H3. The number of Topliss-reactive ketones (excluding diaryl/α,β-unsaturated/α-hetero) is 1. The summed E-state index contributed by atoms with van der Waals surface area (Å²) in [7, 11) is 4.35. The lowest BCUT2D eigenvalue weighted by molar-refractivity contribution is 0.0992. The molecule has 0 aliphatic heterocycles. The van der Waals surface area contributed by atoms with Crippen LogP contribution in [0.25, 0.3) is 11.4 Å². The van der Waals surface area contributed by atoms with Crippen molar-refractivity contribution in [1.82, 2.24) is 23.9 Å². The van der Waals surface area contributed by atoms with Crippen molar-refractivity contribution < 1.29 is 9.53 Å². The molecule has 0 spiro atoms. The van der Waals surface area contributed by atoms with E-state index in [0.717, 1.165) is 33.3 Å². The van der Waals surface area contributed by atoms with Crippen molar-refractivity contribution in [3.05, 3.63) is 50.7 Å². The second kappa shape index (κ2) is 10.1. The summed E-state index contributed by atoms with van der Waals surface area (Å²) in [5.74, 6) is 0.811. The molecule has 3 aromatic rings. The third-order valence-corrected chi connectivity index (χ3v) is 6.49. The number of aromatic nitrogens is 5. The largest absolute Gasteiger partial charge is 0.497 e. The topological polar surface area (TPSA) is 127 Å². The molecule has 0 saturated heterocycles. The maximum absolute atomic E-state index is 13.2. The number of ether oxygens (including phenoxy) is 1. The second-order valence-electron chi connectivity index (χ2n) is 7.63. The number of carbonyl (C=O) groups excluding carboxylic acids is 1. The maximum atomic E-state index is 13.2. The van der Waals surface area contributed by atoms with Crippen molar-refractivity contribution in [3.8, 4) is 17.1 Å². The van der Waals surface area contributed by atoms with E-state index in [0.29, 0.717) is 17.5 Å². The van der Waals surface area contributed by atoms with Gasteiger partial charge in [0, 0.05) is 26.2 Å². The molecule has 0 saturated carbocycles. The van der Waals surface area contributed by atoms with E-state index in [-0.39, 0.29) is 11.4 Å². The van der Waals surface area contributed by atoms with Crippen LogP contribution >= 0.6 is 11.8 Å². The van der Waals surface area contributed by atoms with Crippen molar-refractivity contribution in [1.29, 1.82) is 0 Å². The lowest BCUT2D eigenvalue weighted by atomic mass is 10.1. The molecule has 2 N–H and O–H groups in total. The number of unbranched alkanes of at least 4 members (excludes halogenated alkanes) is 1. The van der Waals surface area contributed by atoms with E-state index in [1.165, 1.54) is 25.9 Å². The van der Waals surface area contributed by atoms with Gasteiger partial charge in [0.1, 0.15) is 17.1 Å². The monoisotopic (exact) mass is 472 g/mol. The molecule has 0 aliphatic carbocycles. The Kier molecular flexibility index (Phi) is 7.42.